The topological polar surface area (TPSA) is 70.7 Å². The molecule has 116 valence electrons. The number of methoxy groups -OCH3 is 1. The van der Waals surface area contributed by atoms with Gasteiger partial charge in [0.2, 0.25) is 5.91 Å². The normalized spacial score (nSPS) is 10.0. The van der Waals surface area contributed by atoms with Crippen LogP contribution in [0.4, 0.5) is 4.79 Å². The number of nitrogens with one attached hydrogen (secondary N) is 2. The predicted molar refractivity (Wildman–Crippen MR) is 80.8 cm³/mol. The zero-order valence-corrected chi connectivity index (χ0v) is 12.6. The van der Waals surface area contributed by atoms with Crippen molar-refractivity contribution in [3.05, 3.63) is 35.9 Å². The van der Waals surface area contributed by atoms with E-state index in [1.54, 1.807) is 19.1 Å². The van der Waals surface area contributed by atoms with E-state index >= 15 is 0 Å². The van der Waals surface area contributed by atoms with Crippen LogP contribution in [-0.4, -0.2) is 50.7 Å². The summed E-state index contributed by atoms with van der Waals surface area (Å²) in [4.78, 5) is 24.9. The Hall–Kier alpha value is -2.08. The molecule has 0 aliphatic rings. The Morgan fingerprint density at radius 2 is 1.81 bits per heavy atom. The van der Waals surface area contributed by atoms with E-state index in [-0.39, 0.29) is 18.4 Å². The number of rotatable bonds is 8. The highest BCUT2D eigenvalue weighted by atomic mass is 16.5. The summed E-state index contributed by atoms with van der Waals surface area (Å²) < 4.78 is 4.82. The van der Waals surface area contributed by atoms with E-state index in [1.807, 2.05) is 30.3 Å². The van der Waals surface area contributed by atoms with Gasteiger partial charge in [-0.25, -0.2) is 4.79 Å². The van der Waals surface area contributed by atoms with Crippen LogP contribution in [0, 0.1) is 0 Å². The van der Waals surface area contributed by atoms with E-state index in [0.29, 0.717) is 26.2 Å². The van der Waals surface area contributed by atoms with Gasteiger partial charge in [-0.2, -0.15) is 0 Å². The Labute approximate surface area is 125 Å². The van der Waals surface area contributed by atoms with Crippen molar-refractivity contribution in [1.82, 2.24) is 15.5 Å². The monoisotopic (exact) mass is 293 g/mol. The second-order valence-electron chi connectivity index (χ2n) is 4.66. The Balaban J connectivity index is 2.19. The van der Waals surface area contributed by atoms with Crippen LogP contribution < -0.4 is 10.6 Å². The fourth-order valence-corrected chi connectivity index (χ4v) is 1.75. The van der Waals surface area contributed by atoms with Gasteiger partial charge in [-0.3, -0.25) is 4.79 Å². The Morgan fingerprint density at radius 3 is 2.48 bits per heavy atom. The van der Waals surface area contributed by atoms with Crippen molar-refractivity contribution in [3.8, 4) is 0 Å². The first kappa shape index (κ1) is 17.0. The molecular weight excluding hydrogens is 270 g/mol. The van der Waals surface area contributed by atoms with Crippen molar-refractivity contribution in [2.75, 3.05) is 33.9 Å². The minimum atomic E-state index is -0.287. The number of nitrogens with zero attached hydrogens (tertiary/aromatic N) is 1. The van der Waals surface area contributed by atoms with Crippen LogP contribution in [0.15, 0.2) is 30.3 Å². The second-order valence-corrected chi connectivity index (χ2v) is 4.66. The highest BCUT2D eigenvalue weighted by Gasteiger charge is 2.09. The van der Waals surface area contributed by atoms with Gasteiger partial charge in [0.15, 0.2) is 0 Å². The molecule has 0 aliphatic carbocycles. The highest BCUT2D eigenvalue weighted by Crippen LogP contribution is 2.03. The van der Waals surface area contributed by atoms with Gasteiger partial charge in [0.1, 0.15) is 0 Å². The van der Waals surface area contributed by atoms with Crippen molar-refractivity contribution >= 4 is 11.9 Å². The third-order valence-electron chi connectivity index (χ3n) is 2.90. The molecule has 1 rings (SSSR count). The first-order valence-electron chi connectivity index (χ1n) is 6.92. The maximum Gasteiger partial charge on any atom is 0.314 e. The standard InChI is InChI=1S/C15H23N3O3/c1-18(12-13-6-4-3-5-7-13)14(19)8-9-16-15(20)17-10-11-21-2/h3-7H,8-12H2,1-2H3,(H2,16,17,20). The molecule has 0 fully saturated rings. The number of carbonyl (C=O) groups excluding carboxylic acids is 2. The molecule has 1 aromatic carbocycles. The van der Waals surface area contributed by atoms with Crippen LogP contribution in [0.2, 0.25) is 0 Å². The fraction of sp³-hybridized carbons (Fsp3) is 0.467. The van der Waals surface area contributed by atoms with Crippen LogP contribution >= 0.6 is 0 Å². The van der Waals surface area contributed by atoms with Gasteiger partial charge in [0.25, 0.3) is 0 Å². The van der Waals surface area contributed by atoms with E-state index < -0.39 is 0 Å². The van der Waals surface area contributed by atoms with E-state index in [4.69, 9.17) is 4.74 Å². The van der Waals surface area contributed by atoms with Crippen molar-refractivity contribution in [3.63, 3.8) is 0 Å². The van der Waals surface area contributed by atoms with Crippen molar-refractivity contribution in [1.29, 1.82) is 0 Å². The molecular formula is C15H23N3O3. The molecule has 2 N–H and O–H groups in total. The molecule has 0 unspecified atom stereocenters. The summed E-state index contributed by atoms with van der Waals surface area (Å²) in [7, 11) is 3.33. The maximum absolute atomic E-state index is 11.9. The number of amides is 3. The smallest absolute Gasteiger partial charge is 0.314 e. The molecule has 0 saturated heterocycles. The lowest BCUT2D eigenvalue weighted by atomic mass is 10.2. The van der Waals surface area contributed by atoms with Crippen LogP contribution in [0.1, 0.15) is 12.0 Å². The summed E-state index contributed by atoms with van der Waals surface area (Å²) in [5.74, 6) is -0.00366. The van der Waals surface area contributed by atoms with Gasteiger partial charge in [-0.1, -0.05) is 30.3 Å². The zero-order valence-electron chi connectivity index (χ0n) is 12.6. The quantitative estimate of drug-likeness (QED) is 0.702. The molecule has 6 heteroatoms. The highest BCUT2D eigenvalue weighted by molar-refractivity contribution is 5.78. The number of carbonyl (C=O) groups is 2. The maximum atomic E-state index is 11.9. The van der Waals surface area contributed by atoms with E-state index in [2.05, 4.69) is 10.6 Å². The Kier molecular flexibility index (Phi) is 7.89. The predicted octanol–water partition coefficient (Wildman–Crippen LogP) is 0.981. The second kappa shape index (κ2) is 9.77. The van der Waals surface area contributed by atoms with Gasteiger partial charge < -0.3 is 20.3 Å². The van der Waals surface area contributed by atoms with Crippen LogP contribution in [-0.2, 0) is 16.1 Å². The summed E-state index contributed by atoms with van der Waals surface area (Å²) in [6, 6.07) is 9.50. The minimum Gasteiger partial charge on any atom is -0.383 e. The molecule has 0 atom stereocenters. The lowest BCUT2D eigenvalue weighted by molar-refractivity contribution is -0.130. The van der Waals surface area contributed by atoms with E-state index in [1.165, 1.54) is 0 Å². The minimum absolute atomic E-state index is 0.00366. The van der Waals surface area contributed by atoms with Crippen LogP contribution in [0.5, 0.6) is 0 Å². The summed E-state index contributed by atoms with van der Waals surface area (Å²) in [6.07, 6.45) is 0.279. The molecule has 21 heavy (non-hydrogen) atoms. The molecule has 3 amide bonds. The Bertz CT molecular complexity index is 437. The van der Waals surface area contributed by atoms with Crippen molar-refractivity contribution in [2.24, 2.45) is 0 Å². The van der Waals surface area contributed by atoms with E-state index in [0.717, 1.165) is 5.56 Å². The van der Waals surface area contributed by atoms with Gasteiger partial charge in [0, 0.05) is 40.2 Å². The third-order valence-corrected chi connectivity index (χ3v) is 2.90. The molecule has 0 aromatic heterocycles. The molecule has 0 bridgehead atoms. The van der Waals surface area contributed by atoms with Gasteiger partial charge in [-0.15, -0.1) is 0 Å². The molecule has 0 aliphatic heterocycles. The first-order valence-corrected chi connectivity index (χ1v) is 6.92. The number of urea groups is 1. The molecule has 0 radical (unpaired) electrons. The number of hydrogen-bond donors (Lipinski definition) is 2. The number of ether oxygens (including phenoxy) is 1. The summed E-state index contributed by atoms with van der Waals surface area (Å²) in [5.41, 5.74) is 1.08. The molecule has 1 aromatic rings. The van der Waals surface area contributed by atoms with Crippen LogP contribution in [0.25, 0.3) is 0 Å². The lowest BCUT2D eigenvalue weighted by Crippen LogP contribution is -2.39. The van der Waals surface area contributed by atoms with Crippen molar-refractivity contribution < 1.29 is 14.3 Å². The van der Waals surface area contributed by atoms with Crippen molar-refractivity contribution in [2.45, 2.75) is 13.0 Å². The summed E-state index contributed by atoms with van der Waals surface area (Å²) >= 11 is 0. The largest absolute Gasteiger partial charge is 0.383 e. The van der Waals surface area contributed by atoms with Gasteiger partial charge >= 0.3 is 6.03 Å². The fourth-order valence-electron chi connectivity index (χ4n) is 1.75. The molecule has 0 saturated carbocycles. The third kappa shape index (κ3) is 7.31. The Morgan fingerprint density at radius 1 is 1.14 bits per heavy atom. The average Bonchev–Trinajstić information content (AvgIpc) is 2.48. The first-order chi connectivity index (χ1) is 10.1. The lowest BCUT2D eigenvalue weighted by Gasteiger charge is -2.17. The van der Waals surface area contributed by atoms with Gasteiger partial charge in [0.05, 0.1) is 6.61 Å². The average molecular weight is 293 g/mol. The SMILES string of the molecule is COCCNC(=O)NCCC(=O)N(C)Cc1ccccc1. The van der Waals surface area contributed by atoms with Gasteiger partial charge in [-0.05, 0) is 5.56 Å². The van der Waals surface area contributed by atoms with Crippen LogP contribution in [0.3, 0.4) is 0 Å². The summed E-state index contributed by atoms with van der Waals surface area (Å²) in [5, 5.41) is 5.26. The molecule has 0 spiro atoms. The van der Waals surface area contributed by atoms with E-state index in [9.17, 15) is 9.59 Å². The number of benzene rings is 1. The number of hydrogen-bond acceptors (Lipinski definition) is 3. The zero-order chi connectivity index (χ0) is 15.5. The molecule has 6 nitrogen and oxygen atoms in total. The molecule has 0 heterocycles. The summed E-state index contributed by atoms with van der Waals surface area (Å²) in [6.45, 7) is 1.80.